The molecule has 1 heterocycles. The Kier molecular flexibility index (Phi) is 4.79. The van der Waals surface area contributed by atoms with Crippen molar-refractivity contribution in [2.75, 3.05) is 24.9 Å². The predicted molar refractivity (Wildman–Crippen MR) is 100 cm³/mol. The lowest BCUT2D eigenvalue weighted by Gasteiger charge is -2.12. The molecule has 3 aromatic rings. The zero-order valence-corrected chi connectivity index (χ0v) is 14.7. The van der Waals surface area contributed by atoms with Crippen LogP contribution in [0.1, 0.15) is 16.1 Å². The fraction of sp³-hybridized carbons (Fsp3) is 0.158. The number of hydrogen-bond donors (Lipinski definition) is 3. The Bertz CT molecular complexity index is 978. The van der Waals surface area contributed by atoms with Gasteiger partial charge in [-0.2, -0.15) is 0 Å². The normalized spacial score (nSPS) is 10.4. The topological polar surface area (TPSA) is 92.4 Å². The fourth-order valence-corrected chi connectivity index (χ4v) is 2.74. The number of aryl methyl sites for hydroxylation is 1. The summed E-state index contributed by atoms with van der Waals surface area (Å²) < 4.78 is 10.0. The van der Waals surface area contributed by atoms with E-state index in [2.05, 4.69) is 15.6 Å². The van der Waals surface area contributed by atoms with E-state index < -0.39 is 12.0 Å². The number of ether oxygens (including phenoxy) is 2. The van der Waals surface area contributed by atoms with Crippen LogP contribution in [0.2, 0.25) is 0 Å². The van der Waals surface area contributed by atoms with Crippen LogP contribution in [0.3, 0.4) is 0 Å². The quantitative estimate of drug-likeness (QED) is 0.620. The highest BCUT2D eigenvalue weighted by atomic mass is 16.5. The summed E-state index contributed by atoms with van der Waals surface area (Å²) in [6.07, 6.45) is 0. The van der Waals surface area contributed by atoms with Gasteiger partial charge in [0.2, 0.25) is 0 Å². The molecule has 0 spiro atoms. The summed E-state index contributed by atoms with van der Waals surface area (Å²) in [5.74, 6) is 0.0748. The Morgan fingerprint density at radius 2 is 1.73 bits per heavy atom. The van der Waals surface area contributed by atoms with E-state index >= 15 is 0 Å². The van der Waals surface area contributed by atoms with Gasteiger partial charge in [0.05, 0.1) is 36.7 Å². The molecule has 26 heavy (non-hydrogen) atoms. The third-order valence-corrected chi connectivity index (χ3v) is 3.89. The van der Waals surface area contributed by atoms with Crippen molar-refractivity contribution in [3.63, 3.8) is 0 Å². The summed E-state index contributed by atoms with van der Waals surface area (Å²) in [6.45, 7) is 1.90. The molecule has 0 radical (unpaired) electrons. The number of fused-ring (bicyclic) bond motifs is 1. The maximum absolute atomic E-state index is 12.4. The number of aromatic amines is 1. The van der Waals surface area contributed by atoms with Crippen molar-refractivity contribution in [2.45, 2.75) is 6.92 Å². The smallest absolute Gasteiger partial charge is 0.337 e. The van der Waals surface area contributed by atoms with Crippen LogP contribution in [0.5, 0.6) is 5.75 Å². The molecule has 2 aromatic carbocycles. The summed E-state index contributed by atoms with van der Waals surface area (Å²) in [5, 5.41) is 6.32. The van der Waals surface area contributed by atoms with Gasteiger partial charge in [0.15, 0.2) is 0 Å². The van der Waals surface area contributed by atoms with Crippen molar-refractivity contribution < 1.29 is 19.1 Å². The lowest BCUT2D eigenvalue weighted by atomic mass is 10.1. The van der Waals surface area contributed by atoms with Gasteiger partial charge in [-0.15, -0.1) is 0 Å². The fourth-order valence-electron chi connectivity index (χ4n) is 2.74. The molecule has 2 amide bonds. The highest BCUT2D eigenvalue weighted by Crippen LogP contribution is 2.27. The van der Waals surface area contributed by atoms with Crippen molar-refractivity contribution in [3.05, 3.63) is 53.7 Å². The SMILES string of the molecule is COC(=O)c1cc(NC(=O)Nc2ccccc2OC)c2[nH]c(C)cc2c1. The standard InChI is InChI=1S/C19H19N3O4/c1-11-8-12-9-13(18(23)26-3)10-15(17(12)20-11)22-19(24)21-14-6-4-5-7-16(14)25-2/h4-10,20H,1-3H3,(H2,21,22,24). The Morgan fingerprint density at radius 1 is 1.00 bits per heavy atom. The van der Waals surface area contributed by atoms with Crippen LogP contribution in [-0.2, 0) is 4.74 Å². The molecule has 0 aliphatic carbocycles. The molecule has 0 fully saturated rings. The maximum atomic E-state index is 12.4. The van der Waals surface area contributed by atoms with E-state index in [0.29, 0.717) is 22.7 Å². The number of carbonyl (C=O) groups is 2. The minimum Gasteiger partial charge on any atom is -0.495 e. The first kappa shape index (κ1) is 17.3. The second kappa shape index (κ2) is 7.18. The van der Waals surface area contributed by atoms with Crippen LogP contribution in [-0.4, -0.2) is 31.2 Å². The minimum atomic E-state index is -0.473. The van der Waals surface area contributed by atoms with Crippen LogP contribution in [0.25, 0.3) is 10.9 Å². The van der Waals surface area contributed by atoms with Crippen molar-refractivity contribution in [1.29, 1.82) is 0 Å². The van der Waals surface area contributed by atoms with E-state index in [1.54, 1.807) is 30.3 Å². The van der Waals surface area contributed by atoms with Gasteiger partial charge in [-0.25, -0.2) is 9.59 Å². The van der Waals surface area contributed by atoms with Crippen molar-refractivity contribution in [1.82, 2.24) is 4.98 Å². The molecule has 3 N–H and O–H groups in total. The van der Waals surface area contributed by atoms with Crippen LogP contribution < -0.4 is 15.4 Å². The largest absolute Gasteiger partial charge is 0.495 e. The van der Waals surface area contributed by atoms with E-state index in [1.165, 1.54) is 14.2 Å². The van der Waals surface area contributed by atoms with Crippen LogP contribution in [0.4, 0.5) is 16.2 Å². The first-order chi connectivity index (χ1) is 12.5. The number of aromatic nitrogens is 1. The number of urea groups is 1. The number of nitrogens with one attached hydrogen (secondary N) is 3. The van der Waals surface area contributed by atoms with Gasteiger partial charge < -0.3 is 25.1 Å². The van der Waals surface area contributed by atoms with Crippen LogP contribution in [0.15, 0.2) is 42.5 Å². The molecule has 0 atom stereocenters. The first-order valence-electron chi connectivity index (χ1n) is 7.94. The summed E-state index contributed by atoms with van der Waals surface area (Å²) in [7, 11) is 2.85. The third-order valence-electron chi connectivity index (χ3n) is 3.89. The highest BCUT2D eigenvalue weighted by Gasteiger charge is 2.15. The second-order valence-electron chi connectivity index (χ2n) is 5.71. The molecule has 7 nitrogen and oxygen atoms in total. The number of amides is 2. The van der Waals surface area contributed by atoms with Gasteiger partial charge in [0, 0.05) is 11.1 Å². The highest BCUT2D eigenvalue weighted by molar-refractivity contribution is 6.08. The van der Waals surface area contributed by atoms with Crippen molar-refractivity contribution in [3.8, 4) is 5.75 Å². The molecule has 0 unspecified atom stereocenters. The zero-order chi connectivity index (χ0) is 18.7. The molecule has 0 bridgehead atoms. The number of rotatable bonds is 4. The first-order valence-corrected chi connectivity index (χ1v) is 7.94. The molecule has 0 aliphatic rings. The lowest BCUT2D eigenvalue weighted by Crippen LogP contribution is -2.20. The van der Waals surface area contributed by atoms with E-state index in [1.807, 2.05) is 19.1 Å². The number of esters is 1. The second-order valence-corrected chi connectivity index (χ2v) is 5.71. The van der Waals surface area contributed by atoms with Gasteiger partial charge in [-0.05, 0) is 37.3 Å². The molecule has 134 valence electrons. The van der Waals surface area contributed by atoms with Gasteiger partial charge >= 0.3 is 12.0 Å². The summed E-state index contributed by atoms with van der Waals surface area (Å²) in [5.41, 5.74) is 3.01. The third kappa shape index (κ3) is 3.46. The number of anilines is 2. The molecule has 0 aliphatic heterocycles. The van der Waals surface area contributed by atoms with Gasteiger partial charge in [0.1, 0.15) is 5.75 Å². The van der Waals surface area contributed by atoms with E-state index in [-0.39, 0.29) is 0 Å². The average Bonchev–Trinajstić information content (AvgIpc) is 3.01. The van der Waals surface area contributed by atoms with Gasteiger partial charge in [-0.3, -0.25) is 0 Å². The van der Waals surface area contributed by atoms with E-state index in [0.717, 1.165) is 16.6 Å². The molecule has 3 rings (SSSR count). The van der Waals surface area contributed by atoms with E-state index in [9.17, 15) is 9.59 Å². The van der Waals surface area contributed by atoms with Crippen molar-refractivity contribution >= 4 is 34.3 Å². The van der Waals surface area contributed by atoms with Crippen LogP contribution >= 0.6 is 0 Å². The molecular formula is C19H19N3O4. The Balaban J connectivity index is 1.91. The molecular weight excluding hydrogens is 334 g/mol. The average molecular weight is 353 g/mol. The van der Waals surface area contributed by atoms with Gasteiger partial charge in [0.25, 0.3) is 0 Å². The number of H-pyrrole nitrogens is 1. The van der Waals surface area contributed by atoms with E-state index in [4.69, 9.17) is 9.47 Å². The number of hydrogen-bond acceptors (Lipinski definition) is 4. The maximum Gasteiger partial charge on any atom is 0.337 e. The van der Waals surface area contributed by atoms with Crippen LogP contribution in [0, 0.1) is 6.92 Å². The number of carbonyl (C=O) groups excluding carboxylic acids is 2. The summed E-state index contributed by atoms with van der Waals surface area (Å²) in [4.78, 5) is 27.5. The zero-order valence-electron chi connectivity index (χ0n) is 14.7. The molecule has 7 heteroatoms. The van der Waals surface area contributed by atoms with Crippen molar-refractivity contribution in [2.24, 2.45) is 0 Å². The Labute approximate surface area is 150 Å². The monoisotopic (exact) mass is 353 g/mol. The molecule has 1 aromatic heterocycles. The lowest BCUT2D eigenvalue weighted by molar-refractivity contribution is 0.0601. The molecule has 0 saturated carbocycles. The Hall–Kier alpha value is -3.48. The summed E-state index contributed by atoms with van der Waals surface area (Å²) in [6, 6.07) is 11.8. The summed E-state index contributed by atoms with van der Waals surface area (Å²) >= 11 is 0. The Morgan fingerprint density at radius 3 is 2.46 bits per heavy atom. The minimum absolute atomic E-state index is 0.353. The number of para-hydroxylation sites is 2. The molecule has 0 saturated heterocycles. The number of methoxy groups -OCH3 is 2. The predicted octanol–water partition coefficient (Wildman–Crippen LogP) is 3.92. The van der Waals surface area contributed by atoms with Gasteiger partial charge in [-0.1, -0.05) is 12.1 Å². The number of benzene rings is 2.